The Morgan fingerprint density at radius 2 is 1.90 bits per heavy atom. The molecule has 1 fully saturated rings. The molecule has 0 aromatic carbocycles. The lowest BCUT2D eigenvalue weighted by atomic mass is 9.87. The van der Waals surface area contributed by atoms with E-state index in [4.69, 9.17) is 0 Å². The second-order valence-electron chi connectivity index (χ2n) is 9.91. The van der Waals surface area contributed by atoms with E-state index >= 15 is 0 Å². The van der Waals surface area contributed by atoms with Gasteiger partial charge in [0.05, 0.1) is 13.0 Å². The summed E-state index contributed by atoms with van der Waals surface area (Å²) in [5.41, 5.74) is -0.489. The number of allylic oxidation sites excluding steroid dienone is 2. The predicted molar refractivity (Wildman–Crippen MR) is 117 cm³/mol. The van der Waals surface area contributed by atoms with Crippen LogP contribution in [0.15, 0.2) is 28.9 Å². The average Bonchev–Trinajstić information content (AvgIpc) is 2.65. The highest BCUT2D eigenvalue weighted by Crippen LogP contribution is 2.33. The van der Waals surface area contributed by atoms with Gasteiger partial charge in [0.1, 0.15) is 11.4 Å². The van der Waals surface area contributed by atoms with E-state index in [1.54, 1.807) is 17.9 Å². The highest BCUT2D eigenvalue weighted by Gasteiger charge is 2.49. The second-order valence-corrected chi connectivity index (χ2v) is 9.91. The molecular formula is C23H34N4O3. The summed E-state index contributed by atoms with van der Waals surface area (Å²) in [5, 5.41) is 2.97. The molecule has 7 heteroatoms. The van der Waals surface area contributed by atoms with Crippen molar-refractivity contribution in [1.29, 1.82) is 0 Å². The molecule has 7 nitrogen and oxygen atoms in total. The lowest BCUT2D eigenvalue weighted by molar-refractivity contribution is -0.149. The third-order valence-electron chi connectivity index (χ3n) is 5.91. The number of fused-ring (bicyclic) bond motifs is 1. The van der Waals surface area contributed by atoms with Gasteiger partial charge in [-0.15, -0.1) is 0 Å². The van der Waals surface area contributed by atoms with Gasteiger partial charge in [-0.25, -0.2) is 0 Å². The van der Waals surface area contributed by atoms with Crippen LogP contribution in [-0.2, 0) is 14.4 Å². The second kappa shape index (κ2) is 8.36. The van der Waals surface area contributed by atoms with E-state index < -0.39 is 5.54 Å². The van der Waals surface area contributed by atoms with E-state index in [-0.39, 0.29) is 42.3 Å². The summed E-state index contributed by atoms with van der Waals surface area (Å²) in [5.74, 6) is -0.183. The first kappa shape index (κ1) is 22.2. The van der Waals surface area contributed by atoms with E-state index in [9.17, 15) is 14.4 Å². The van der Waals surface area contributed by atoms with Gasteiger partial charge in [-0.1, -0.05) is 25.3 Å². The number of hydrogen-bond donors (Lipinski definition) is 1. The number of rotatable bonds is 4. The van der Waals surface area contributed by atoms with Crippen LogP contribution in [0.5, 0.6) is 0 Å². The Balaban J connectivity index is 1.92. The Kier molecular flexibility index (Phi) is 6.20. The Bertz CT molecular complexity index is 815. The molecule has 30 heavy (non-hydrogen) atoms. The monoisotopic (exact) mass is 414 g/mol. The van der Waals surface area contributed by atoms with Gasteiger partial charge in [0.25, 0.3) is 5.91 Å². The molecular weight excluding hydrogens is 380 g/mol. The maximum absolute atomic E-state index is 14.0. The topological polar surface area (TPSA) is 82.1 Å². The van der Waals surface area contributed by atoms with Crippen LogP contribution in [0.3, 0.4) is 0 Å². The highest BCUT2D eigenvalue weighted by atomic mass is 16.2. The van der Waals surface area contributed by atoms with Crippen LogP contribution in [0.4, 0.5) is 0 Å². The van der Waals surface area contributed by atoms with Crippen molar-refractivity contribution in [3.05, 3.63) is 23.9 Å². The Morgan fingerprint density at radius 3 is 2.53 bits per heavy atom. The molecule has 2 heterocycles. The molecule has 0 bridgehead atoms. The van der Waals surface area contributed by atoms with E-state index in [1.165, 1.54) is 0 Å². The summed E-state index contributed by atoms with van der Waals surface area (Å²) in [6.07, 6.45) is 10.5. The number of amides is 3. The Labute approximate surface area is 179 Å². The van der Waals surface area contributed by atoms with Gasteiger partial charge in [0, 0.05) is 17.8 Å². The highest BCUT2D eigenvalue weighted by molar-refractivity contribution is 6.10. The van der Waals surface area contributed by atoms with Crippen molar-refractivity contribution >= 4 is 23.6 Å². The van der Waals surface area contributed by atoms with E-state index in [2.05, 4.69) is 10.3 Å². The number of carbonyl (C=O) groups is 3. The minimum Gasteiger partial charge on any atom is -0.350 e. The maximum Gasteiger partial charge on any atom is 0.250 e. The molecule has 1 saturated carbocycles. The van der Waals surface area contributed by atoms with Crippen LogP contribution < -0.4 is 5.32 Å². The first-order valence-electron chi connectivity index (χ1n) is 10.9. The molecule has 0 radical (unpaired) electrons. The van der Waals surface area contributed by atoms with Crippen LogP contribution >= 0.6 is 0 Å². The van der Waals surface area contributed by atoms with Crippen LogP contribution in [0.25, 0.3) is 0 Å². The zero-order valence-electron chi connectivity index (χ0n) is 18.8. The summed E-state index contributed by atoms with van der Waals surface area (Å²) in [6.45, 7) is 9.52. The molecule has 164 valence electrons. The number of carbonyl (C=O) groups excluding carboxylic acids is 3. The van der Waals surface area contributed by atoms with Crippen LogP contribution in [0.2, 0.25) is 0 Å². The summed E-state index contributed by atoms with van der Waals surface area (Å²) < 4.78 is 0. The SMILES string of the molecule is CC1=CN2C(=NC(=O)C[C@]2(C)C(=O)N(CC(=O)NC(C)(C)C)C2CCCCC2)C=C1. The number of nitrogens with zero attached hydrogens (tertiary/aromatic N) is 3. The summed E-state index contributed by atoms with van der Waals surface area (Å²) in [7, 11) is 0. The molecule has 0 spiro atoms. The zero-order valence-corrected chi connectivity index (χ0v) is 18.8. The van der Waals surface area contributed by atoms with Crippen molar-refractivity contribution in [3.63, 3.8) is 0 Å². The van der Waals surface area contributed by atoms with Gasteiger partial charge in [-0.2, -0.15) is 4.99 Å². The van der Waals surface area contributed by atoms with Crippen LogP contribution in [-0.4, -0.2) is 57.0 Å². The molecule has 0 saturated heterocycles. The quantitative estimate of drug-likeness (QED) is 0.767. The van der Waals surface area contributed by atoms with Crippen molar-refractivity contribution < 1.29 is 14.4 Å². The Morgan fingerprint density at radius 1 is 1.23 bits per heavy atom. The van der Waals surface area contributed by atoms with Crippen molar-refractivity contribution in [2.75, 3.05) is 6.54 Å². The van der Waals surface area contributed by atoms with Crippen LogP contribution in [0, 0.1) is 0 Å². The molecule has 1 N–H and O–H groups in total. The van der Waals surface area contributed by atoms with Gasteiger partial charge >= 0.3 is 0 Å². The number of aliphatic imine (C=N–C) groups is 1. The number of amidine groups is 1. The molecule has 1 atom stereocenters. The Hall–Kier alpha value is -2.44. The molecule has 2 aliphatic heterocycles. The molecule has 3 aliphatic rings. The molecule has 3 amide bonds. The van der Waals surface area contributed by atoms with Gasteiger partial charge in [-0.05, 0) is 59.1 Å². The summed E-state index contributed by atoms with van der Waals surface area (Å²) >= 11 is 0. The average molecular weight is 415 g/mol. The van der Waals surface area contributed by atoms with Crippen molar-refractivity contribution in [2.45, 2.75) is 90.3 Å². The first-order chi connectivity index (χ1) is 14.0. The van der Waals surface area contributed by atoms with Crippen molar-refractivity contribution in [3.8, 4) is 0 Å². The van der Waals surface area contributed by atoms with Crippen LogP contribution in [0.1, 0.15) is 73.1 Å². The smallest absolute Gasteiger partial charge is 0.250 e. The molecule has 0 unspecified atom stereocenters. The first-order valence-corrected chi connectivity index (χ1v) is 10.9. The van der Waals surface area contributed by atoms with E-state index in [0.717, 1.165) is 37.7 Å². The minimum absolute atomic E-state index is 0.00291. The summed E-state index contributed by atoms with van der Waals surface area (Å²) in [6, 6.07) is 0.0108. The van der Waals surface area contributed by atoms with Crippen molar-refractivity contribution in [2.24, 2.45) is 4.99 Å². The molecule has 0 aromatic rings. The minimum atomic E-state index is -1.10. The maximum atomic E-state index is 14.0. The fourth-order valence-corrected chi connectivity index (χ4v) is 4.49. The van der Waals surface area contributed by atoms with Gasteiger partial charge < -0.3 is 15.1 Å². The van der Waals surface area contributed by atoms with Crippen molar-refractivity contribution in [1.82, 2.24) is 15.1 Å². The standard InChI is InChI=1S/C23H34N4O3/c1-16-11-12-18-24-19(28)13-23(5,27(18)14-16)21(30)26(17-9-7-6-8-10-17)15-20(29)25-22(2,3)4/h11-12,14,17H,6-10,13,15H2,1-5H3,(H,25,29)/t23-/m1/s1. The van der Waals surface area contributed by atoms with E-state index in [1.807, 2.05) is 44.9 Å². The number of nitrogens with one attached hydrogen (secondary N) is 1. The molecule has 3 rings (SSSR count). The fraction of sp³-hybridized carbons (Fsp3) is 0.652. The molecule has 1 aliphatic carbocycles. The third-order valence-corrected chi connectivity index (χ3v) is 5.91. The van der Waals surface area contributed by atoms with Gasteiger partial charge in [0.15, 0.2) is 0 Å². The lowest BCUT2D eigenvalue weighted by Gasteiger charge is -2.46. The fourth-order valence-electron chi connectivity index (χ4n) is 4.49. The zero-order chi connectivity index (χ0) is 22.1. The molecule has 0 aromatic heterocycles. The van der Waals surface area contributed by atoms with E-state index in [0.29, 0.717) is 5.84 Å². The largest absolute Gasteiger partial charge is 0.350 e. The van der Waals surface area contributed by atoms with Gasteiger partial charge in [-0.3, -0.25) is 14.4 Å². The van der Waals surface area contributed by atoms with Gasteiger partial charge in [0.2, 0.25) is 11.8 Å². The third kappa shape index (κ3) is 4.82. The summed E-state index contributed by atoms with van der Waals surface area (Å²) in [4.78, 5) is 46.8. The number of hydrogen-bond acceptors (Lipinski definition) is 4. The lowest BCUT2D eigenvalue weighted by Crippen LogP contribution is -2.63. The normalized spacial score (nSPS) is 24.7. The predicted octanol–water partition coefficient (Wildman–Crippen LogP) is 2.93.